The Balaban J connectivity index is 1.79. The second-order valence-corrected chi connectivity index (χ2v) is 5.04. The maximum absolute atomic E-state index is 11.9. The van der Waals surface area contributed by atoms with Gasteiger partial charge in [0, 0.05) is 16.9 Å². The predicted molar refractivity (Wildman–Crippen MR) is 70.1 cm³/mol. The van der Waals surface area contributed by atoms with E-state index in [1.165, 1.54) is 0 Å². The van der Waals surface area contributed by atoms with Gasteiger partial charge in [-0.15, -0.1) is 5.10 Å². The van der Waals surface area contributed by atoms with Crippen molar-refractivity contribution < 1.29 is 9.53 Å². The van der Waals surface area contributed by atoms with Crippen LogP contribution in [0, 0.1) is 0 Å². The van der Waals surface area contributed by atoms with Crippen molar-refractivity contribution in [2.75, 3.05) is 0 Å². The van der Waals surface area contributed by atoms with Crippen LogP contribution < -0.4 is 0 Å². The average molecular weight is 295 g/mol. The van der Waals surface area contributed by atoms with Gasteiger partial charge in [-0.2, -0.15) is 5.10 Å². The zero-order valence-electron chi connectivity index (χ0n) is 9.46. The van der Waals surface area contributed by atoms with E-state index >= 15 is 0 Å². The summed E-state index contributed by atoms with van der Waals surface area (Å²) in [5.74, 6) is -0.526. The minimum atomic E-state index is -0.526. The molecular weight excluding hydrogens is 288 g/mol. The third-order valence-electron chi connectivity index (χ3n) is 2.51. The molecular formula is C11H7ClN4O2S. The molecule has 0 spiro atoms. The van der Waals surface area contributed by atoms with Gasteiger partial charge in [-0.1, -0.05) is 34.3 Å². The van der Waals surface area contributed by atoms with Crippen LogP contribution in [0.25, 0.3) is 10.9 Å². The van der Waals surface area contributed by atoms with Crippen molar-refractivity contribution in [2.45, 2.75) is 6.61 Å². The first kappa shape index (κ1) is 12.1. The summed E-state index contributed by atoms with van der Waals surface area (Å²) in [5.41, 5.74) is 1.47. The van der Waals surface area contributed by atoms with Crippen LogP contribution in [-0.2, 0) is 11.3 Å². The molecule has 19 heavy (non-hydrogen) atoms. The number of aromatic nitrogens is 4. The third kappa shape index (κ3) is 2.29. The number of para-hydroxylation sites is 1. The fraction of sp³-hybridized carbons (Fsp3) is 0.0909. The van der Waals surface area contributed by atoms with Crippen molar-refractivity contribution in [3.63, 3.8) is 0 Å². The van der Waals surface area contributed by atoms with Gasteiger partial charge in [0.2, 0.25) is 0 Å². The molecule has 8 heteroatoms. The number of hydrogen-bond donors (Lipinski definition) is 1. The van der Waals surface area contributed by atoms with Crippen LogP contribution in [0.1, 0.15) is 16.2 Å². The largest absolute Gasteiger partial charge is 0.454 e. The van der Waals surface area contributed by atoms with E-state index < -0.39 is 5.97 Å². The molecule has 0 aliphatic heterocycles. The molecule has 1 N–H and O–H groups in total. The maximum Gasteiger partial charge on any atom is 0.359 e. The van der Waals surface area contributed by atoms with Crippen molar-refractivity contribution in [2.24, 2.45) is 0 Å². The maximum atomic E-state index is 11.9. The molecule has 0 saturated carbocycles. The molecule has 0 fully saturated rings. The number of nitrogens with one attached hydrogen (secondary N) is 1. The summed E-state index contributed by atoms with van der Waals surface area (Å²) in [6.07, 6.45) is 0. The molecule has 0 amide bonds. The van der Waals surface area contributed by atoms with Crippen LogP contribution in [0.5, 0.6) is 0 Å². The number of ether oxygens (including phenoxy) is 1. The van der Waals surface area contributed by atoms with Gasteiger partial charge in [0.05, 0.1) is 5.52 Å². The number of halogens is 1. The van der Waals surface area contributed by atoms with E-state index in [0.717, 1.165) is 22.4 Å². The second-order valence-electron chi connectivity index (χ2n) is 3.69. The number of esters is 1. The highest BCUT2D eigenvalue weighted by Crippen LogP contribution is 2.20. The van der Waals surface area contributed by atoms with E-state index in [1.54, 1.807) is 6.07 Å². The molecule has 0 atom stereocenters. The van der Waals surface area contributed by atoms with E-state index in [9.17, 15) is 4.79 Å². The number of hydrogen-bond acceptors (Lipinski definition) is 6. The summed E-state index contributed by atoms with van der Waals surface area (Å²) in [5, 5.41) is 11.2. The summed E-state index contributed by atoms with van der Waals surface area (Å²) in [6, 6.07) is 7.32. The lowest BCUT2D eigenvalue weighted by molar-refractivity contribution is 0.0463. The van der Waals surface area contributed by atoms with E-state index in [4.69, 9.17) is 16.3 Å². The number of nitrogens with zero attached hydrogens (tertiary/aromatic N) is 3. The Kier molecular flexibility index (Phi) is 3.14. The smallest absolute Gasteiger partial charge is 0.359 e. The summed E-state index contributed by atoms with van der Waals surface area (Å²) >= 11 is 6.87. The lowest BCUT2D eigenvalue weighted by atomic mass is 10.2. The summed E-state index contributed by atoms with van der Waals surface area (Å²) in [6.45, 7) is -0.0185. The van der Waals surface area contributed by atoms with Crippen LogP contribution in [0.2, 0.25) is 4.34 Å². The lowest BCUT2D eigenvalue weighted by Crippen LogP contribution is -2.06. The molecule has 2 aromatic heterocycles. The Morgan fingerprint density at radius 2 is 2.26 bits per heavy atom. The highest BCUT2D eigenvalue weighted by Gasteiger charge is 2.16. The molecule has 0 unspecified atom stereocenters. The molecule has 3 rings (SSSR count). The van der Waals surface area contributed by atoms with Gasteiger partial charge in [-0.05, 0) is 6.07 Å². The standard InChI is InChI=1S/C11H7ClN4O2S/c12-10-8(14-16-19-10)5-18-11(17)9-6-3-1-2-4-7(6)13-15-9/h1-4H,5H2,(H,13,15). The van der Waals surface area contributed by atoms with E-state index in [2.05, 4.69) is 19.8 Å². The Hall–Kier alpha value is -1.99. The van der Waals surface area contributed by atoms with Gasteiger partial charge < -0.3 is 4.74 Å². The topological polar surface area (TPSA) is 80.8 Å². The number of carbonyl (C=O) groups excluding carboxylic acids is 1. The van der Waals surface area contributed by atoms with Crippen molar-refractivity contribution in [1.82, 2.24) is 19.8 Å². The number of aromatic amines is 1. The van der Waals surface area contributed by atoms with Crippen molar-refractivity contribution in [3.05, 3.63) is 40.0 Å². The van der Waals surface area contributed by atoms with Gasteiger partial charge in [0.1, 0.15) is 16.6 Å². The highest BCUT2D eigenvalue weighted by molar-refractivity contribution is 7.10. The Morgan fingerprint density at radius 3 is 3.05 bits per heavy atom. The van der Waals surface area contributed by atoms with Crippen LogP contribution >= 0.6 is 23.1 Å². The van der Waals surface area contributed by atoms with E-state index in [1.807, 2.05) is 18.2 Å². The van der Waals surface area contributed by atoms with Crippen molar-refractivity contribution in [1.29, 1.82) is 0 Å². The molecule has 0 bridgehead atoms. The number of carbonyl (C=O) groups is 1. The highest BCUT2D eigenvalue weighted by atomic mass is 35.5. The summed E-state index contributed by atoms with van der Waals surface area (Å²) < 4.78 is 9.19. The van der Waals surface area contributed by atoms with E-state index in [-0.39, 0.29) is 12.3 Å². The van der Waals surface area contributed by atoms with Gasteiger partial charge in [0.25, 0.3) is 0 Å². The zero-order valence-corrected chi connectivity index (χ0v) is 11.0. The first-order chi connectivity index (χ1) is 9.25. The molecule has 6 nitrogen and oxygen atoms in total. The van der Waals surface area contributed by atoms with Gasteiger partial charge in [0.15, 0.2) is 5.69 Å². The summed E-state index contributed by atoms with van der Waals surface area (Å²) in [7, 11) is 0. The Bertz CT molecular complexity index is 739. The fourth-order valence-electron chi connectivity index (χ4n) is 1.60. The van der Waals surface area contributed by atoms with Gasteiger partial charge >= 0.3 is 5.97 Å². The molecule has 0 aliphatic carbocycles. The molecule has 3 aromatic rings. The fourth-order valence-corrected chi connectivity index (χ4v) is 2.21. The Labute approximate surface area is 116 Å². The van der Waals surface area contributed by atoms with Crippen LogP contribution in [-0.4, -0.2) is 25.8 Å². The molecule has 2 heterocycles. The quantitative estimate of drug-likeness (QED) is 0.750. The first-order valence-corrected chi connectivity index (χ1v) is 6.48. The predicted octanol–water partition coefficient (Wildman–Crippen LogP) is 2.42. The molecule has 0 radical (unpaired) electrons. The minimum absolute atomic E-state index is 0.0185. The van der Waals surface area contributed by atoms with Crippen LogP contribution in [0.15, 0.2) is 24.3 Å². The third-order valence-corrected chi connectivity index (χ3v) is 3.50. The number of benzene rings is 1. The first-order valence-electron chi connectivity index (χ1n) is 5.32. The molecule has 0 saturated heterocycles. The monoisotopic (exact) mass is 294 g/mol. The van der Waals surface area contributed by atoms with Crippen LogP contribution in [0.4, 0.5) is 0 Å². The molecule has 96 valence electrons. The van der Waals surface area contributed by atoms with Crippen molar-refractivity contribution >= 4 is 40.0 Å². The lowest BCUT2D eigenvalue weighted by Gasteiger charge is -2.00. The normalized spacial score (nSPS) is 10.8. The van der Waals surface area contributed by atoms with E-state index in [0.29, 0.717) is 10.0 Å². The zero-order chi connectivity index (χ0) is 13.2. The molecule has 0 aliphatic rings. The minimum Gasteiger partial charge on any atom is -0.454 e. The SMILES string of the molecule is O=C(OCc1nnsc1Cl)c1n[nH]c2ccccc12. The van der Waals surface area contributed by atoms with Crippen molar-refractivity contribution in [3.8, 4) is 0 Å². The van der Waals surface area contributed by atoms with Gasteiger partial charge in [-0.25, -0.2) is 4.79 Å². The second kappa shape index (κ2) is 4.94. The molecule has 1 aromatic carbocycles. The number of rotatable bonds is 3. The number of fused-ring (bicyclic) bond motifs is 1. The van der Waals surface area contributed by atoms with Crippen LogP contribution in [0.3, 0.4) is 0 Å². The average Bonchev–Trinajstić information content (AvgIpc) is 3.02. The Morgan fingerprint density at radius 1 is 1.42 bits per heavy atom. The summed E-state index contributed by atoms with van der Waals surface area (Å²) in [4.78, 5) is 11.9. The number of H-pyrrole nitrogens is 1. The van der Waals surface area contributed by atoms with Gasteiger partial charge in [-0.3, -0.25) is 5.10 Å².